The zero-order valence-electron chi connectivity index (χ0n) is 66.2. The van der Waals surface area contributed by atoms with Crippen LogP contribution in [0.25, 0.3) is 177 Å². The number of nitriles is 1. The molecule has 5 heteroatoms. The summed E-state index contributed by atoms with van der Waals surface area (Å²) in [5.74, 6) is 0. The Bertz CT molecular complexity index is 7790. The maximum atomic E-state index is 9.87. The van der Waals surface area contributed by atoms with Gasteiger partial charge in [-0.3, -0.25) is 0 Å². The molecule has 0 bridgehead atoms. The lowest BCUT2D eigenvalue weighted by Gasteiger charge is -2.37. The molecule has 5 nitrogen and oxygen atoms in total. The molecule has 121 heavy (non-hydrogen) atoms. The Labute approximate surface area is 701 Å². The number of aromatic nitrogens is 4. The Balaban J connectivity index is 0.000000151. The molecule has 0 aliphatic carbocycles. The molecule has 0 spiro atoms. The molecule has 0 fully saturated rings. The summed E-state index contributed by atoms with van der Waals surface area (Å²) < 4.78 is 9.50. The molecule has 23 rings (SSSR count). The van der Waals surface area contributed by atoms with Crippen LogP contribution in [0.1, 0.15) is 27.8 Å². The van der Waals surface area contributed by atoms with Crippen LogP contribution in [-0.4, -0.2) is 18.3 Å². The van der Waals surface area contributed by atoms with Gasteiger partial charge in [-0.05, 0) is 235 Å². The molecule has 0 unspecified atom stereocenters. The molecule has 19 aromatic carbocycles. The summed E-state index contributed by atoms with van der Waals surface area (Å²) in [6, 6.07) is 171. The lowest BCUT2D eigenvalue weighted by atomic mass is 9.65. The zero-order chi connectivity index (χ0) is 80.3. The Morgan fingerprint density at radius 1 is 0.157 bits per heavy atom. The van der Waals surface area contributed by atoms with Crippen LogP contribution in [0.3, 0.4) is 0 Å². The van der Waals surface area contributed by atoms with Gasteiger partial charge in [-0.1, -0.05) is 322 Å². The Kier molecular flexibility index (Phi) is 17.8. The van der Waals surface area contributed by atoms with E-state index in [1.165, 1.54) is 143 Å². The van der Waals surface area contributed by atoms with Crippen molar-refractivity contribution in [2.45, 2.75) is 5.41 Å². The van der Waals surface area contributed by atoms with Gasteiger partial charge in [0.25, 0.3) is 0 Å². The highest BCUT2D eigenvalue weighted by molar-refractivity contribution is 6.15. The quantitative estimate of drug-likeness (QED) is 0.100. The van der Waals surface area contributed by atoms with Crippen molar-refractivity contribution < 1.29 is 0 Å². The van der Waals surface area contributed by atoms with Gasteiger partial charge in [-0.25, -0.2) is 0 Å². The van der Waals surface area contributed by atoms with Crippen molar-refractivity contribution in [1.82, 2.24) is 18.3 Å². The average molecular weight is 1540 g/mol. The van der Waals surface area contributed by atoms with E-state index in [2.05, 4.69) is 473 Å². The van der Waals surface area contributed by atoms with Crippen molar-refractivity contribution in [2.24, 2.45) is 0 Å². The lowest BCUT2D eigenvalue weighted by molar-refractivity contribution is 0.745. The van der Waals surface area contributed by atoms with E-state index in [0.29, 0.717) is 5.56 Å². The minimum absolute atomic E-state index is 0.508. The minimum Gasteiger partial charge on any atom is -0.309 e. The number of hydrogen-bond acceptors (Lipinski definition) is 1. The number of fused-ring (bicyclic) bond motifs is 12. The van der Waals surface area contributed by atoms with E-state index < -0.39 is 5.41 Å². The van der Waals surface area contributed by atoms with Crippen molar-refractivity contribution in [2.75, 3.05) is 0 Å². The topological polar surface area (TPSA) is 43.5 Å². The van der Waals surface area contributed by atoms with E-state index in [0.717, 1.165) is 55.7 Å². The summed E-state index contributed by atoms with van der Waals surface area (Å²) >= 11 is 0. The van der Waals surface area contributed by atoms with Crippen LogP contribution in [0.15, 0.2) is 467 Å². The Hall–Kier alpha value is -16.1. The normalized spacial score (nSPS) is 11.6. The fraction of sp³-hybridized carbons (Fsp3) is 0.00862. The maximum absolute atomic E-state index is 9.87. The fourth-order valence-corrected chi connectivity index (χ4v) is 19.0. The first-order valence-corrected chi connectivity index (χ1v) is 41.4. The van der Waals surface area contributed by atoms with E-state index >= 15 is 0 Å². The second-order valence-corrected chi connectivity index (χ2v) is 31.4. The molecule has 0 aliphatic rings. The van der Waals surface area contributed by atoms with Gasteiger partial charge < -0.3 is 18.3 Å². The van der Waals surface area contributed by atoms with Gasteiger partial charge in [0.15, 0.2) is 0 Å². The van der Waals surface area contributed by atoms with Crippen LogP contribution in [0, 0.1) is 11.3 Å². The number of rotatable bonds is 14. The maximum Gasteiger partial charge on any atom is 0.0991 e. The van der Waals surface area contributed by atoms with Crippen molar-refractivity contribution in [1.29, 1.82) is 5.26 Å². The molecule has 4 heterocycles. The Morgan fingerprint density at radius 2 is 0.380 bits per heavy atom. The molecule has 0 aliphatic heterocycles. The van der Waals surface area contributed by atoms with Gasteiger partial charge in [0.2, 0.25) is 0 Å². The van der Waals surface area contributed by atoms with Gasteiger partial charge >= 0.3 is 0 Å². The Morgan fingerprint density at radius 3 is 0.719 bits per heavy atom. The first-order chi connectivity index (χ1) is 59.9. The molecular formula is C116H77N5. The third-order valence-corrected chi connectivity index (χ3v) is 24.6. The molecule has 0 amide bonds. The van der Waals surface area contributed by atoms with E-state index in [1.807, 2.05) is 18.2 Å². The van der Waals surface area contributed by atoms with Gasteiger partial charge in [0.05, 0.1) is 61.2 Å². The molecular weight excluding hydrogens is 1460 g/mol. The zero-order valence-corrected chi connectivity index (χ0v) is 66.2. The van der Waals surface area contributed by atoms with Crippen molar-refractivity contribution in [3.8, 4) is 95.6 Å². The smallest absolute Gasteiger partial charge is 0.0991 e. The van der Waals surface area contributed by atoms with E-state index in [4.69, 9.17) is 0 Å². The summed E-state index contributed by atoms with van der Waals surface area (Å²) in [6.07, 6.45) is 0. The summed E-state index contributed by atoms with van der Waals surface area (Å²) in [4.78, 5) is 0. The number of benzene rings is 19. The van der Waals surface area contributed by atoms with Gasteiger partial charge in [-0.15, -0.1) is 0 Å². The second kappa shape index (κ2) is 30.2. The van der Waals surface area contributed by atoms with Gasteiger partial charge in [-0.2, -0.15) is 5.26 Å². The fourth-order valence-electron chi connectivity index (χ4n) is 19.0. The van der Waals surface area contributed by atoms with Crippen LogP contribution in [0.5, 0.6) is 0 Å². The molecule has 0 N–H and O–H groups in total. The average Bonchev–Trinajstić information content (AvgIpc) is 1.68. The van der Waals surface area contributed by atoms with Crippen LogP contribution < -0.4 is 0 Å². The largest absolute Gasteiger partial charge is 0.309 e. The first-order valence-electron chi connectivity index (χ1n) is 41.4. The number of nitrogens with zero attached hydrogens (tertiary/aromatic N) is 5. The van der Waals surface area contributed by atoms with E-state index in [1.54, 1.807) is 0 Å². The van der Waals surface area contributed by atoms with Crippen molar-refractivity contribution >= 4 is 87.2 Å². The predicted octanol–water partition coefficient (Wildman–Crippen LogP) is 30.0. The van der Waals surface area contributed by atoms with Crippen LogP contribution in [-0.2, 0) is 5.41 Å². The second-order valence-electron chi connectivity index (χ2n) is 31.4. The van der Waals surface area contributed by atoms with E-state index in [9.17, 15) is 5.26 Å². The molecule has 0 radical (unpaired) electrons. The number of para-hydroxylation sites is 4. The van der Waals surface area contributed by atoms with Gasteiger partial charge in [0.1, 0.15) is 0 Å². The highest BCUT2D eigenvalue weighted by atomic mass is 15.0. The van der Waals surface area contributed by atoms with Crippen molar-refractivity contribution in [3.63, 3.8) is 0 Å². The summed E-state index contributed by atoms with van der Waals surface area (Å²) in [5.41, 5.74) is 33.2. The molecule has 4 aromatic heterocycles. The molecule has 0 saturated heterocycles. The highest BCUT2D eigenvalue weighted by Gasteiger charge is 2.38. The van der Waals surface area contributed by atoms with Crippen LogP contribution in [0.4, 0.5) is 0 Å². The third kappa shape index (κ3) is 12.5. The monoisotopic (exact) mass is 1540 g/mol. The lowest BCUT2D eigenvalue weighted by Crippen LogP contribution is -2.30. The summed E-state index contributed by atoms with van der Waals surface area (Å²) in [6.45, 7) is 0. The van der Waals surface area contributed by atoms with E-state index in [-0.39, 0.29) is 0 Å². The SMILES string of the molecule is N#Cc1ccc2c(c1)c1cc(-c3ccc4c(c3)c3ccccc3n4-c3ccccc3)ccc1n2-c1ccc(-c2cccc(-c3ccccc3)c2)cc1.c1ccc(-c2cccc(-c3ccc(-n4c5ccccc5c5cc(-c6ccc7c(c6)c6ccccc6n7-c6ccc(C(c7ccccc7)(c7ccccc7)c7ccccc7)cc6)ccc54)cc3)c2)cc1. The molecule has 0 saturated carbocycles. The predicted molar refractivity (Wildman–Crippen MR) is 506 cm³/mol. The van der Waals surface area contributed by atoms with Crippen molar-refractivity contribution in [3.05, 3.63) is 495 Å². The molecule has 23 aromatic rings. The molecule has 0 atom stereocenters. The first kappa shape index (κ1) is 71.4. The molecule has 566 valence electrons. The third-order valence-electron chi connectivity index (χ3n) is 24.6. The van der Waals surface area contributed by atoms with Crippen LogP contribution >= 0.6 is 0 Å². The summed E-state index contributed by atoms with van der Waals surface area (Å²) in [5, 5.41) is 19.5. The van der Waals surface area contributed by atoms with Crippen LogP contribution in [0.2, 0.25) is 0 Å². The minimum atomic E-state index is -0.508. The number of hydrogen-bond donors (Lipinski definition) is 0. The standard InChI is InChI=1S/C67H46N2.C49H31N3/c1-5-18-47(19-6-1)49-20-17-21-50(44-49)48-32-38-57(39-33-48)68-63-30-15-13-28-59(63)61-45-51(34-42-65(61)68)52-35-43-66-62(46-52)60-29-14-16-31-64(60)69(66)58-40-36-56(37-41-58)67(53-22-7-2-8-23-53,54-24-9-3-10-25-54)55-26-11-4-12-27-55;50-32-33-18-25-47-43(28-33)45-31-39(38-21-26-48-44(30-38)42-16-7-8-17-46(42)51(48)40-14-5-2-6-15-40)22-27-49(45)52(47)41-23-19-35(20-24-41)37-13-9-12-36(29-37)34-10-3-1-4-11-34/h1-46H;1-31H. The summed E-state index contributed by atoms with van der Waals surface area (Å²) in [7, 11) is 0. The van der Waals surface area contributed by atoms with Gasteiger partial charge in [0, 0.05) is 65.8 Å². The highest BCUT2D eigenvalue weighted by Crippen LogP contribution is 2.48.